The van der Waals surface area contributed by atoms with E-state index in [1.165, 1.54) is 4.90 Å². The molecule has 35 heavy (non-hydrogen) atoms. The number of hydrogen-bond donors (Lipinski definition) is 0. The number of rotatable bonds is 9. The molecular formula is C25H31N3O6S. The molecule has 2 fully saturated rings. The highest BCUT2D eigenvalue weighted by atomic mass is 32.2. The fourth-order valence-corrected chi connectivity index (χ4v) is 6.90. The quantitative estimate of drug-likeness (QED) is 0.290. The molecule has 0 unspecified atom stereocenters. The SMILES string of the molecule is CC1=C(CCCCCN2CCN(S(=O)(=O)C3CC3)CC2)C(=O)N(c2ccc3c(c2)COC3=O)C1=O. The van der Waals surface area contributed by atoms with Gasteiger partial charge in [0.25, 0.3) is 11.8 Å². The Hall–Kier alpha value is -2.56. The molecule has 4 aliphatic rings. The molecule has 3 heterocycles. The summed E-state index contributed by atoms with van der Waals surface area (Å²) in [4.78, 5) is 41.1. The number of sulfonamides is 1. The standard InChI is InChI=1S/C25H31N3O6S/c1-17-21(24(30)28(23(17)29)19-6-9-22-18(15-19)16-34-25(22)31)5-3-2-4-10-26-11-13-27(14-12-26)35(32,33)20-7-8-20/h6,9,15,20H,2-5,7-8,10-14,16H2,1H3. The van der Waals surface area contributed by atoms with E-state index in [2.05, 4.69) is 4.90 Å². The van der Waals surface area contributed by atoms with Crippen molar-refractivity contribution in [1.82, 2.24) is 9.21 Å². The maximum absolute atomic E-state index is 13.1. The smallest absolute Gasteiger partial charge is 0.338 e. The number of imide groups is 1. The first-order valence-corrected chi connectivity index (χ1v) is 13.9. The summed E-state index contributed by atoms with van der Waals surface area (Å²) in [5, 5.41) is -0.145. The van der Waals surface area contributed by atoms with Crippen LogP contribution in [-0.2, 0) is 31.0 Å². The zero-order valence-electron chi connectivity index (χ0n) is 20.0. The summed E-state index contributed by atoms with van der Waals surface area (Å²) in [7, 11) is -3.08. The van der Waals surface area contributed by atoms with E-state index in [1.54, 1.807) is 29.4 Å². The first-order valence-electron chi connectivity index (χ1n) is 12.4. The predicted molar refractivity (Wildman–Crippen MR) is 129 cm³/mol. The van der Waals surface area contributed by atoms with Crippen molar-refractivity contribution >= 4 is 33.5 Å². The van der Waals surface area contributed by atoms with Gasteiger partial charge in [0, 0.05) is 42.9 Å². The molecule has 10 heteroatoms. The number of carbonyl (C=O) groups excluding carboxylic acids is 3. The third-order valence-electron chi connectivity index (χ3n) is 7.40. The van der Waals surface area contributed by atoms with Crippen molar-refractivity contribution in [2.24, 2.45) is 0 Å². The minimum atomic E-state index is -3.08. The van der Waals surface area contributed by atoms with Crippen molar-refractivity contribution in [2.45, 2.75) is 57.3 Å². The summed E-state index contributed by atoms with van der Waals surface area (Å²) in [5.41, 5.74) is 2.67. The van der Waals surface area contributed by atoms with Gasteiger partial charge in [0.2, 0.25) is 10.0 Å². The van der Waals surface area contributed by atoms with Gasteiger partial charge in [-0.1, -0.05) is 6.42 Å². The average molecular weight is 502 g/mol. The van der Waals surface area contributed by atoms with Crippen LogP contribution in [0.4, 0.5) is 5.69 Å². The summed E-state index contributed by atoms with van der Waals surface area (Å²) in [6.45, 7) is 5.42. The number of hydrogen-bond acceptors (Lipinski definition) is 7. The monoisotopic (exact) mass is 501 g/mol. The number of amides is 2. The van der Waals surface area contributed by atoms with Crippen molar-refractivity contribution < 1.29 is 27.5 Å². The molecule has 1 saturated carbocycles. The van der Waals surface area contributed by atoms with Crippen LogP contribution < -0.4 is 4.90 Å². The number of ether oxygens (including phenoxy) is 1. The van der Waals surface area contributed by atoms with Crippen LogP contribution in [0.5, 0.6) is 0 Å². The molecule has 3 aliphatic heterocycles. The lowest BCUT2D eigenvalue weighted by Crippen LogP contribution is -2.49. The maximum Gasteiger partial charge on any atom is 0.338 e. The molecule has 188 valence electrons. The number of unbranched alkanes of at least 4 members (excludes halogenated alkanes) is 2. The molecule has 9 nitrogen and oxygen atoms in total. The summed E-state index contributed by atoms with van der Waals surface area (Å²) in [6, 6.07) is 4.91. The van der Waals surface area contributed by atoms with Crippen molar-refractivity contribution in [1.29, 1.82) is 0 Å². The zero-order valence-corrected chi connectivity index (χ0v) is 20.8. The molecule has 0 bridgehead atoms. The largest absolute Gasteiger partial charge is 0.457 e. The summed E-state index contributed by atoms with van der Waals surface area (Å²) in [5.74, 6) is -0.981. The molecular weight excluding hydrogens is 470 g/mol. The van der Waals surface area contributed by atoms with E-state index < -0.39 is 10.0 Å². The van der Waals surface area contributed by atoms with Gasteiger partial charge in [-0.2, -0.15) is 4.31 Å². The number of piperazine rings is 1. The Labute approximate surface area is 205 Å². The second-order valence-corrected chi connectivity index (χ2v) is 12.0. The van der Waals surface area contributed by atoms with Gasteiger partial charge < -0.3 is 9.64 Å². The molecule has 2 amide bonds. The van der Waals surface area contributed by atoms with Crippen molar-refractivity contribution in [2.75, 3.05) is 37.6 Å². The lowest BCUT2D eigenvalue weighted by Gasteiger charge is -2.34. The molecule has 1 saturated heterocycles. The van der Waals surface area contributed by atoms with Crippen molar-refractivity contribution in [3.05, 3.63) is 40.5 Å². The first-order chi connectivity index (χ1) is 16.8. The number of benzene rings is 1. The minimum absolute atomic E-state index is 0.145. The number of cyclic esters (lactones) is 1. The van der Waals surface area contributed by atoms with Gasteiger partial charge in [-0.15, -0.1) is 0 Å². The Bertz CT molecular complexity index is 1200. The lowest BCUT2D eigenvalue weighted by atomic mass is 10.0. The number of nitrogens with zero attached hydrogens (tertiary/aromatic N) is 3. The van der Waals surface area contributed by atoms with E-state index in [9.17, 15) is 22.8 Å². The number of carbonyl (C=O) groups is 3. The van der Waals surface area contributed by atoms with Crippen LogP contribution in [-0.4, -0.2) is 73.4 Å². The third kappa shape index (κ3) is 4.66. The van der Waals surface area contributed by atoms with Gasteiger partial charge in [-0.25, -0.2) is 18.1 Å². The van der Waals surface area contributed by atoms with Crippen LogP contribution in [0.25, 0.3) is 0 Å². The van der Waals surface area contributed by atoms with Gasteiger partial charge in [-0.3, -0.25) is 9.59 Å². The second kappa shape index (κ2) is 9.48. The normalized spacial score (nSPS) is 21.7. The molecule has 0 radical (unpaired) electrons. The Morgan fingerprint density at radius 3 is 2.43 bits per heavy atom. The highest BCUT2D eigenvalue weighted by molar-refractivity contribution is 7.90. The fourth-order valence-electron chi connectivity index (χ4n) is 5.07. The molecule has 0 N–H and O–H groups in total. The number of anilines is 1. The van der Waals surface area contributed by atoms with E-state index in [0.717, 1.165) is 51.7 Å². The predicted octanol–water partition coefficient (Wildman–Crippen LogP) is 2.22. The topological polar surface area (TPSA) is 104 Å². The van der Waals surface area contributed by atoms with Gasteiger partial charge in [0.05, 0.1) is 16.5 Å². The second-order valence-electron chi connectivity index (χ2n) is 9.76. The van der Waals surface area contributed by atoms with E-state index in [-0.39, 0.29) is 29.6 Å². The highest BCUT2D eigenvalue weighted by Gasteiger charge is 2.41. The maximum atomic E-state index is 13.1. The Kier molecular flexibility index (Phi) is 6.54. The highest BCUT2D eigenvalue weighted by Crippen LogP contribution is 2.33. The molecule has 0 spiro atoms. The van der Waals surface area contributed by atoms with Crippen molar-refractivity contribution in [3.8, 4) is 0 Å². The van der Waals surface area contributed by atoms with E-state index in [4.69, 9.17) is 4.74 Å². The van der Waals surface area contributed by atoms with Gasteiger partial charge >= 0.3 is 5.97 Å². The van der Waals surface area contributed by atoms with E-state index in [1.807, 2.05) is 0 Å². The molecule has 5 rings (SSSR count). The average Bonchev–Trinajstić information content (AvgIpc) is 3.62. The lowest BCUT2D eigenvalue weighted by molar-refractivity contribution is -0.120. The van der Waals surface area contributed by atoms with E-state index in [0.29, 0.717) is 47.5 Å². The van der Waals surface area contributed by atoms with Gasteiger partial charge in [0.15, 0.2) is 0 Å². The molecule has 1 aromatic carbocycles. The summed E-state index contributed by atoms with van der Waals surface area (Å²) < 4.78 is 31.4. The Morgan fingerprint density at radius 2 is 1.71 bits per heavy atom. The van der Waals surface area contributed by atoms with Crippen LogP contribution in [0.1, 0.15) is 61.4 Å². The molecule has 1 aromatic rings. The van der Waals surface area contributed by atoms with Crippen LogP contribution in [0, 0.1) is 0 Å². The molecule has 1 aliphatic carbocycles. The number of esters is 1. The molecule has 0 atom stereocenters. The van der Waals surface area contributed by atoms with E-state index >= 15 is 0 Å². The van der Waals surface area contributed by atoms with Gasteiger partial charge in [-0.05, 0) is 63.8 Å². The third-order valence-corrected chi connectivity index (χ3v) is 9.80. The number of fused-ring (bicyclic) bond motifs is 1. The van der Waals surface area contributed by atoms with Crippen LogP contribution >= 0.6 is 0 Å². The zero-order chi connectivity index (χ0) is 24.7. The summed E-state index contributed by atoms with van der Waals surface area (Å²) in [6.07, 6.45) is 4.85. The Balaban J connectivity index is 1.08. The van der Waals surface area contributed by atoms with Crippen LogP contribution in [0.2, 0.25) is 0 Å². The molecule has 0 aromatic heterocycles. The Morgan fingerprint density at radius 1 is 0.971 bits per heavy atom. The van der Waals surface area contributed by atoms with Crippen LogP contribution in [0.3, 0.4) is 0 Å². The van der Waals surface area contributed by atoms with Crippen molar-refractivity contribution in [3.63, 3.8) is 0 Å². The minimum Gasteiger partial charge on any atom is -0.457 e. The fraction of sp³-hybridized carbons (Fsp3) is 0.560. The summed E-state index contributed by atoms with van der Waals surface area (Å²) >= 11 is 0. The van der Waals surface area contributed by atoms with Gasteiger partial charge in [0.1, 0.15) is 6.61 Å². The first kappa shape index (κ1) is 24.1. The van der Waals surface area contributed by atoms with Crippen LogP contribution in [0.15, 0.2) is 29.3 Å².